The van der Waals surface area contributed by atoms with Crippen LogP contribution < -0.4 is 0 Å². The number of aryl methyl sites for hydroxylation is 1. The molecular weight excluding hydrogens is 873 g/mol. The van der Waals surface area contributed by atoms with Crippen molar-refractivity contribution in [1.29, 1.82) is 0 Å². The standard InChI is InChI=1S/C62H56O4S2/c1-8-10-14-41(9-2)43-17-21-45(22-18-43)59(47-25-29-49(30-26-47)61(63-4)64-5)57-37-52-34-33-51(36-55(52)67-57)54-39-56-53(35-40(54)3)38-58(68-56)60(48-27-31-50(32-28-48)62(65-6)66-7)46-23-19-44(20-24-46)42-15-12-11-13-16-42/h8-39,59-62H,1H2,2-7H3. The average Bonchev–Trinajstić information content (AvgIpc) is 4.00. The quantitative estimate of drug-likeness (QED) is 0.0673. The Balaban J connectivity index is 1.08. The minimum Gasteiger partial charge on any atom is -0.352 e. The topological polar surface area (TPSA) is 36.9 Å². The van der Waals surface area contributed by atoms with E-state index in [4.69, 9.17) is 18.9 Å². The van der Waals surface area contributed by atoms with Crippen molar-refractivity contribution in [3.63, 3.8) is 0 Å². The molecule has 0 saturated carbocycles. The first-order valence-electron chi connectivity index (χ1n) is 22.9. The Kier molecular flexibility index (Phi) is 14.5. The van der Waals surface area contributed by atoms with Crippen LogP contribution in [0.15, 0.2) is 201 Å². The summed E-state index contributed by atoms with van der Waals surface area (Å²) in [6, 6.07) is 62.5. The zero-order chi connectivity index (χ0) is 47.1. The van der Waals surface area contributed by atoms with Crippen LogP contribution in [0.5, 0.6) is 0 Å². The van der Waals surface area contributed by atoms with E-state index in [1.54, 1.807) is 28.4 Å². The van der Waals surface area contributed by atoms with Gasteiger partial charge in [0.05, 0.1) is 0 Å². The summed E-state index contributed by atoms with van der Waals surface area (Å²) in [6.07, 6.45) is 7.20. The molecule has 2 atom stereocenters. The van der Waals surface area contributed by atoms with Crippen LogP contribution in [0.1, 0.15) is 85.6 Å². The molecule has 2 aromatic heterocycles. The first-order chi connectivity index (χ1) is 33.3. The van der Waals surface area contributed by atoms with Crippen molar-refractivity contribution in [1.82, 2.24) is 0 Å². The van der Waals surface area contributed by atoms with Gasteiger partial charge < -0.3 is 18.9 Å². The van der Waals surface area contributed by atoms with Crippen LogP contribution in [0, 0.1) is 6.92 Å². The van der Waals surface area contributed by atoms with E-state index < -0.39 is 12.6 Å². The molecule has 0 N–H and O–H groups in total. The number of benzene rings is 7. The SMILES string of the molecule is C=CC=CC(=CC)c1ccc(C(c2ccc(C(OC)OC)cc2)c2cc3ccc(-c4cc5sc(C(c6ccc(-c7ccccc7)cc6)c6ccc(C(OC)OC)cc6)cc5cc4C)cc3s2)cc1. The zero-order valence-corrected chi connectivity index (χ0v) is 41.1. The molecule has 2 unspecified atom stereocenters. The highest BCUT2D eigenvalue weighted by Gasteiger charge is 2.24. The normalized spacial score (nSPS) is 13.0. The van der Waals surface area contributed by atoms with Gasteiger partial charge in [0, 0.05) is 70.6 Å². The summed E-state index contributed by atoms with van der Waals surface area (Å²) in [4.78, 5) is 2.59. The van der Waals surface area contributed by atoms with Gasteiger partial charge in [-0.1, -0.05) is 170 Å². The van der Waals surface area contributed by atoms with E-state index in [1.165, 1.54) is 85.6 Å². The minimum atomic E-state index is -0.418. The van der Waals surface area contributed by atoms with Crippen LogP contribution in [-0.2, 0) is 18.9 Å². The molecule has 0 radical (unpaired) electrons. The second kappa shape index (κ2) is 21.2. The van der Waals surface area contributed by atoms with Crippen molar-refractivity contribution in [3.8, 4) is 22.3 Å². The Bertz CT molecular complexity index is 3190. The summed E-state index contributed by atoms with van der Waals surface area (Å²) in [6.45, 7) is 8.17. The number of hydrogen-bond acceptors (Lipinski definition) is 6. The second-order valence-electron chi connectivity index (χ2n) is 17.0. The summed E-state index contributed by atoms with van der Waals surface area (Å²) in [5, 5.41) is 2.50. The zero-order valence-electron chi connectivity index (χ0n) is 39.4. The van der Waals surface area contributed by atoms with Crippen molar-refractivity contribution in [3.05, 3.63) is 255 Å². The highest BCUT2D eigenvalue weighted by Crippen LogP contribution is 2.44. The monoisotopic (exact) mass is 928 g/mol. The molecule has 7 aromatic carbocycles. The number of ether oxygens (including phenoxy) is 4. The lowest BCUT2D eigenvalue weighted by molar-refractivity contribution is -0.106. The molecule has 340 valence electrons. The van der Waals surface area contributed by atoms with Gasteiger partial charge in [0.2, 0.25) is 0 Å². The Hall–Kier alpha value is -6.48. The van der Waals surface area contributed by atoms with E-state index in [1.807, 2.05) is 34.8 Å². The third kappa shape index (κ3) is 9.76. The van der Waals surface area contributed by atoms with E-state index in [0.29, 0.717) is 0 Å². The maximum Gasteiger partial charge on any atom is 0.183 e. The smallest absolute Gasteiger partial charge is 0.183 e. The molecule has 6 heteroatoms. The maximum absolute atomic E-state index is 5.59. The molecule has 2 heterocycles. The van der Waals surface area contributed by atoms with Crippen molar-refractivity contribution < 1.29 is 18.9 Å². The van der Waals surface area contributed by atoms with Gasteiger partial charge in [-0.2, -0.15) is 0 Å². The van der Waals surface area contributed by atoms with Crippen LogP contribution in [0.2, 0.25) is 0 Å². The van der Waals surface area contributed by atoms with Gasteiger partial charge in [-0.3, -0.25) is 0 Å². The number of allylic oxidation sites excluding steroid dienone is 5. The molecule has 0 spiro atoms. The molecule has 0 fully saturated rings. The fourth-order valence-corrected chi connectivity index (χ4v) is 11.9. The summed E-state index contributed by atoms with van der Waals surface area (Å²) < 4.78 is 24.9. The van der Waals surface area contributed by atoms with Gasteiger partial charge in [0.1, 0.15) is 0 Å². The third-order valence-electron chi connectivity index (χ3n) is 12.9. The van der Waals surface area contributed by atoms with Crippen LogP contribution in [0.4, 0.5) is 0 Å². The number of methoxy groups -OCH3 is 4. The lowest BCUT2D eigenvalue weighted by atomic mass is 9.88. The number of fused-ring (bicyclic) bond motifs is 2. The van der Waals surface area contributed by atoms with E-state index >= 15 is 0 Å². The highest BCUT2D eigenvalue weighted by molar-refractivity contribution is 7.19. The largest absolute Gasteiger partial charge is 0.352 e. The predicted octanol–water partition coefficient (Wildman–Crippen LogP) is 16.8. The molecule has 0 bridgehead atoms. The van der Waals surface area contributed by atoms with Crippen molar-refractivity contribution in [2.45, 2.75) is 38.3 Å². The molecule has 0 aliphatic heterocycles. The van der Waals surface area contributed by atoms with Gasteiger partial charge >= 0.3 is 0 Å². The molecule has 0 saturated heterocycles. The fourth-order valence-electron chi connectivity index (χ4n) is 9.40. The lowest BCUT2D eigenvalue weighted by Crippen LogP contribution is -2.05. The van der Waals surface area contributed by atoms with Gasteiger partial charge in [-0.15, -0.1) is 22.7 Å². The number of rotatable bonds is 17. The summed E-state index contributed by atoms with van der Waals surface area (Å²) in [5.74, 6) is 0.0726. The first-order valence-corrected chi connectivity index (χ1v) is 24.6. The van der Waals surface area contributed by atoms with Gasteiger partial charge in [-0.05, 0) is 116 Å². The Labute approximate surface area is 409 Å². The van der Waals surface area contributed by atoms with Crippen LogP contribution in [0.3, 0.4) is 0 Å². The van der Waals surface area contributed by atoms with Crippen molar-refractivity contribution in [2.24, 2.45) is 0 Å². The minimum absolute atomic E-state index is 0.0305. The van der Waals surface area contributed by atoms with Crippen molar-refractivity contribution in [2.75, 3.05) is 28.4 Å². The lowest BCUT2D eigenvalue weighted by Gasteiger charge is -2.19. The van der Waals surface area contributed by atoms with E-state index in [-0.39, 0.29) is 11.8 Å². The van der Waals surface area contributed by atoms with Crippen molar-refractivity contribution >= 4 is 48.4 Å². The number of thiophene rings is 2. The maximum atomic E-state index is 5.59. The molecule has 68 heavy (non-hydrogen) atoms. The van der Waals surface area contributed by atoms with Gasteiger partial charge in [0.25, 0.3) is 0 Å². The highest BCUT2D eigenvalue weighted by atomic mass is 32.1. The van der Waals surface area contributed by atoms with Crippen LogP contribution >= 0.6 is 22.7 Å². The molecule has 0 aliphatic rings. The van der Waals surface area contributed by atoms with E-state index in [2.05, 4.69) is 202 Å². The van der Waals surface area contributed by atoms with Crippen LogP contribution in [0.25, 0.3) is 48.0 Å². The van der Waals surface area contributed by atoms with Gasteiger partial charge in [0.15, 0.2) is 12.6 Å². The molecule has 0 aliphatic carbocycles. The molecule has 9 aromatic rings. The molecular formula is C62H56O4S2. The Morgan fingerprint density at radius 1 is 0.485 bits per heavy atom. The third-order valence-corrected chi connectivity index (χ3v) is 15.2. The van der Waals surface area contributed by atoms with E-state index in [9.17, 15) is 0 Å². The first kappa shape index (κ1) is 46.6. The number of hydrogen-bond donors (Lipinski definition) is 0. The fraction of sp³-hybridized carbons (Fsp3) is 0.161. The second-order valence-corrected chi connectivity index (χ2v) is 19.2. The predicted molar refractivity (Wildman–Crippen MR) is 287 cm³/mol. The average molecular weight is 929 g/mol. The molecule has 9 rings (SSSR count). The summed E-state index contributed by atoms with van der Waals surface area (Å²) in [7, 11) is 6.69. The van der Waals surface area contributed by atoms with Gasteiger partial charge in [-0.25, -0.2) is 0 Å². The van der Waals surface area contributed by atoms with E-state index in [0.717, 1.165) is 16.7 Å². The Morgan fingerprint density at radius 3 is 1.46 bits per heavy atom. The molecule has 0 amide bonds. The molecule has 4 nitrogen and oxygen atoms in total. The Morgan fingerprint density at radius 2 is 0.941 bits per heavy atom. The summed E-state index contributed by atoms with van der Waals surface area (Å²) in [5.41, 5.74) is 15.3. The van der Waals surface area contributed by atoms with Crippen LogP contribution in [-0.4, -0.2) is 28.4 Å². The summed E-state index contributed by atoms with van der Waals surface area (Å²) >= 11 is 3.75.